The van der Waals surface area contributed by atoms with Crippen LogP contribution in [-0.2, 0) is 13.1 Å². The second kappa shape index (κ2) is 9.32. The maximum atomic E-state index is 6.24. The van der Waals surface area contributed by atoms with Gasteiger partial charge < -0.3 is 10.6 Å². The molecule has 0 unspecified atom stereocenters. The Bertz CT molecular complexity index is 1200. The Morgan fingerprint density at radius 2 is 1.74 bits per heavy atom. The molecular formula is C23H23ClN6S. The Labute approximate surface area is 191 Å². The van der Waals surface area contributed by atoms with Crippen LogP contribution in [0.5, 0.6) is 0 Å². The lowest BCUT2D eigenvalue weighted by atomic mass is 10.2. The summed E-state index contributed by atoms with van der Waals surface area (Å²) in [6, 6.07) is 18.0. The highest BCUT2D eigenvalue weighted by Gasteiger charge is 2.13. The molecule has 31 heavy (non-hydrogen) atoms. The van der Waals surface area contributed by atoms with Crippen molar-refractivity contribution in [3.63, 3.8) is 0 Å². The first-order valence-electron chi connectivity index (χ1n) is 9.91. The van der Waals surface area contributed by atoms with Crippen LogP contribution in [0.1, 0.15) is 22.5 Å². The molecule has 2 N–H and O–H groups in total. The van der Waals surface area contributed by atoms with E-state index in [9.17, 15) is 0 Å². The molecule has 0 aliphatic heterocycles. The fourth-order valence-electron chi connectivity index (χ4n) is 3.38. The summed E-state index contributed by atoms with van der Waals surface area (Å²) in [6.45, 7) is 5.31. The lowest BCUT2D eigenvalue weighted by Gasteiger charge is -2.10. The number of benzene rings is 2. The van der Waals surface area contributed by atoms with E-state index in [-0.39, 0.29) is 0 Å². The molecule has 6 nitrogen and oxygen atoms in total. The van der Waals surface area contributed by atoms with Crippen LogP contribution < -0.4 is 10.6 Å². The summed E-state index contributed by atoms with van der Waals surface area (Å²) in [5.74, 6) is 0. The molecule has 0 spiro atoms. The van der Waals surface area contributed by atoms with Crippen LogP contribution in [0, 0.1) is 13.8 Å². The normalized spacial score (nSPS) is 10.8. The second-order valence-electron chi connectivity index (χ2n) is 7.29. The van der Waals surface area contributed by atoms with Crippen LogP contribution >= 0.6 is 23.8 Å². The predicted octanol–water partition coefficient (Wildman–Crippen LogP) is 5.26. The number of nitrogens with one attached hydrogen (secondary N) is 2. The van der Waals surface area contributed by atoms with E-state index in [1.54, 1.807) is 6.20 Å². The minimum atomic E-state index is 0.489. The number of thiocarbonyl (C=S) groups is 1. The topological polar surface area (TPSA) is 59.7 Å². The molecule has 4 rings (SSSR count). The summed E-state index contributed by atoms with van der Waals surface area (Å²) in [5.41, 5.74) is 5.85. The fraction of sp³-hybridized carbons (Fsp3) is 0.174. The lowest BCUT2D eigenvalue weighted by Crippen LogP contribution is -2.19. The number of nitrogens with zero attached hydrogens (tertiary/aromatic N) is 4. The van der Waals surface area contributed by atoms with Crippen molar-refractivity contribution in [2.24, 2.45) is 0 Å². The minimum Gasteiger partial charge on any atom is -0.330 e. The Morgan fingerprint density at radius 3 is 2.52 bits per heavy atom. The van der Waals surface area contributed by atoms with Crippen molar-refractivity contribution in [3.8, 4) is 0 Å². The number of aryl methyl sites for hydroxylation is 1. The quantitative estimate of drug-likeness (QED) is 0.392. The summed E-state index contributed by atoms with van der Waals surface area (Å²) >= 11 is 11.8. The van der Waals surface area contributed by atoms with E-state index in [0.29, 0.717) is 18.2 Å². The van der Waals surface area contributed by atoms with E-state index in [4.69, 9.17) is 23.8 Å². The summed E-state index contributed by atoms with van der Waals surface area (Å²) in [6.07, 6.45) is 3.64. The number of hydrogen-bond acceptors (Lipinski definition) is 3. The van der Waals surface area contributed by atoms with Crippen molar-refractivity contribution in [2.45, 2.75) is 26.9 Å². The van der Waals surface area contributed by atoms with Gasteiger partial charge in [0, 0.05) is 11.2 Å². The molecule has 0 aliphatic carbocycles. The maximum Gasteiger partial charge on any atom is 0.175 e. The zero-order valence-corrected chi connectivity index (χ0v) is 18.9. The van der Waals surface area contributed by atoms with E-state index in [1.165, 1.54) is 5.56 Å². The van der Waals surface area contributed by atoms with Gasteiger partial charge >= 0.3 is 0 Å². The van der Waals surface area contributed by atoms with Gasteiger partial charge in [0.25, 0.3) is 0 Å². The van der Waals surface area contributed by atoms with Crippen LogP contribution in [-0.4, -0.2) is 24.7 Å². The van der Waals surface area contributed by atoms with Crippen molar-refractivity contribution in [1.29, 1.82) is 0 Å². The van der Waals surface area contributed by atoms with Gasteiger partial charge in [-0.1, -0.05) is 60.1 Å². The highest BCUT2D eigenvalue weighted by atomic mass is 35.5. The van der Waals surface area contributed by atoms with Crippen molar-refractivity contribution in [1.82, 2.24) is 19.6 Å². The lowest BCUT2D eigenvalue weighted by molar-refractivity contribution is 0.659. The van der Waals surface area contributed by atoms with Crippen LogP contribution in [0.25, 0.3) is 0 Å². The number of aromatic nitrogens is 4. The van der Waals surface area contributed by atoms with E-state index < -0.39 is 0 Å². The SMILES string of the molecule is Cc1nn(Cc2ccccc2)c(C)c1NC(=S)Nc1cnn(Cc2ccccc2Cl)c1. The van der Waals surface area contributed by atoms with Crippen molar-refractivity contribution >= 4 is 40.3 Å². The van der Waals surface area contributed by atoms with Crippen molar-refractivity contribution < 1.29 is 0 Å². The number of hydrogen-bond donors (Lipinski definition) is 2. The molecule has 0 fully saturated rings. The molecule has 0 radical (unpaired) electrons. The molecule has 2 aromatic heterocycles. The molecule has 4 aromatic rings. The van der Waals surface area contributed by atoms with Gasteiger partial charge in [-0.3, -0.25) is 9.36 Å². The number of rotatable bonds is 6. The molecule has 0 saturated carbocycles. The molecular weight excluding hydrogens is 428 g/mol. The van der Waals surface area contributed by atoms with E-state index in [0.717, 1.165) is 33.3 Å². The molecule has 0 aliphatic rings. The maximum absolute atomic E-state index is 6.24. The van der Waals surface area contributed by atoms with Gasteiger partial charge in [-0.2, -0.15) is 10.2 Å². The Kier molecular flexibility index (Phi) is 6.34. The fourth-order valence-corrected chi connectivity index (χ4v) is 3.80. The Hall–Kier alpha value is -3.16. The first kappa shape index (κ1) is 21.1. The van der Waals surface area contributed by atoms with E-state index in [2.05, 4.69) is 33.0 Å². The highest BCUT2D eigenvalue weighted by molar-refractivity contribution is 7.80. The highest BCUT2D eigenvalue weighted by Crippen LogP contribution is 2.21. The van der Waals surface area contributed by atoms with Gasteiger partial charge in [0.1, 0.15) is 0 Å². The summed E-state index contributed by atoms with van der Waals surface area (Å²) in [4.78, 5) is 0. The molecule has 0 amide bonds. The first-order chi connectivity index (χ1) is 15.0. The van der Waals surface area contributed by atoms with Crippen LogP contribution in [0.4, 0.5) is 11.4 Å². The molecule has 158 valence electrons. The summed E-state index contributed by atoms with van der Waals surface area (Å²) in [5, 5.41) is 16.7. The molecule has 8 heteroatoms. The van der Waals surface area contributed by atoms with E-state index in [1.807, 2.05) is 71.9 Å². The van der Waals surface area contributed by atoms with Gasteiger partial charge in [0.05, 0.1) is 42.0 Å². The standard InChI is InChI=1S/C23H23ClN6S/c1-16-22(17(2)30(28-16)13-18-8-4-3-5-9-18)27-23(31)26-20-12-25-29(15-20)14-19-10-6-7-11-21(19)24/h3-12,15H,13-14H2,1-2H3,(H2,26,27,31). The first-order valence-corrected chi connectivity index (χ1v) is 10.7. The Balaban J connectivity index is 1.40. The van der Waals surface area contributed by atoms with E-state index >= 15 is 0 Å². The monoisotopic (exact) mass is 450 g/mol. The average Bonchev–Trinajstić information content (AvgIpc) is 3.29. The zero-order chi connectivity index (χ0) is 21.8. The van der Waals surface area contributed by atoms with Crippen molar-refractivity contribution in [2.75, 3.05) is 10.6 Å². The third-order valence-corrected chi connectivity index (χ3v) is 5.55. The van der Waals surface area contributed by atoms with Crippen LogP contribution in [0.2, 0.25) is 5.02 Å². The molecule has 0 bridgehead atoms. The smallest absolute Gasteiger partial charge is 0.175 e. The van der Waals surface area contributed by atoms with Gasteiger partial charge in [-0.25, -0.2) is 0 Å². The number of anilines is 2. The molecule has 2 heterocycles. The van der Waals surface area contributed by atoms with Crippen molar-refractivity contribution in [3.05, 3.63) is 94.5 Å². The van der Waals surface area contributed by atoms with Crippen LogP contribution in [0.3, 0.4) is 0 Å². The van der Waals surface area contributed by atoms with Crippen LogP contribution in [0.15, 0.2) is 67.0 Å². The third-order valence-electron chi connectivity index (χ3n) is 4.98. The largest absolute Gasteiger partial charge is 0.330 e. The average molecular weight is 451 g/mol. The van der Waals surface area contributed by atoms with Gasteiger partial charge in [-0.15, -0.1) is 0 Å². The minimum absolute atomic E-state index is 0.489. The number of halogens is 1. The zero-order valence-electron chi connectivity index (χ0n) is 17.3. The van der Waals surface area contributed by atoms with Gasteiger partial charge in [0.15, 0.2) is 5.11 Å². The van der Waals surface area contributed by atoms with Gasteiger partial charge in [0.2, 0.25) is 0 Å². The second-order valence-corrected chi connectivity index (χ2v) is 8.10. The van der Waals surface area contributed by atoms with Gasteiger partial charge in [-0.05, 0) is 43.3 Å². The summed E-state index contributed by atoms with van der Waals surface area (Å²) < 4.78 is 3.80. The third kappa shape index (κ3) is 5.13. The predicted molar refractivity (Wildman–Crippen MR) is 130 cm³/mol. The molecule has 2 aromatic carbocycles. The Morgan fingerprint density at radius 1 is 1.00 bits per heavy atom. The summed E-state index contributed by atoms with van der Waals surface area (Å²) in [7, 11) is 0. The molecule has 0 saturated heterocycles. The molecule has 0 atom stereocenters.